The number of anilines is 1. The Hall–Kier alpha value is -2.09. The number of sulfonamides is 1. The largest absolute Gasteiger partial charge is 0.352 e. The standard InChI is InChI=1S/C20H25N3O3S.ClH/c1-15-5-2-8-18(11-15)23-27(25,26)19-9-3-7-17(12-19)20(24)22-14-16-6-4-10-21-13-16;/h2-3,5,7-9,11-12,16,21,23H,4,6,10,13-14H2,1H3,(H,22,24);1H. The second-order valence-electron chi connectivity index (χ2n) is 6.93. The molecule has 1 unspecified atom stereocenters. The number of aryl methyl sites for hydroxylation is 1. The van der Waals surface area contributed by atoms with E-state index < -0.39 is 10.0 Å². The zero-order valence-electron chi connectivity index (χ0n) is 15.8. The quantitative estimate of drug-likeness (QED) is 0.666. The number of amides is 1. The van der Waals surface area contributed by atoms with Crippen LogP contribution in [0.3, 0.4) is 0 Å². The van der Waals surface area contributed by atoms with E-state index in [1.807, 2.05) is 13.0 Å². The lowest BCUT2D eigenvalue weighted by molar-refractivity contribution is 0.0944. The number of hydrogen-bond donors (Lipinski definition) is 3. The minimum absolute atomic E-state index is 0. The first-order valence-corrected chi connectivity index (χ1v) is 10.6. The zero-order valence-corrected chi connectivity index (χ0v) is 17.4. The Morgan fingerprint density at radius 1 is 1.18 bits per heavy atom. The Bertz CT molecular complexity index is 912. The molecule has 0 aromatic heterocycles. The Kier molecular flexibility index (Phi) is 7.86. The second-order valence-corrected chi connectivity index (χ2v) is 8.61. The SMILES string of the molecule is Cc1cccc(NS(=O)(=O)c2cccc(C(=O)NCC3CCCNC3)c2)c1.Cl. The van der Waals surface area contributed by atoms with E-state index in [1.54, 1.807) is 30.3 Å². The first-order chi connectivity index (χ1) is 12.9. The predicted octanol–water partition coefficient (Wildman–Crippen LogP) is 2.95. The Morgan fingerprint density at radius 3 is 2.68 bits per heavy atom. The average molecular weight is 424 g/mol. The summed E-state index contributed by atoms with van der Waals surface area (Å²) < 4.78 is 27.8. The van der Waals surface area contributed by atoms with Crippen molar-refractivity contribution >= 4 is 34.0 Å². The predicted molar refractivity (Wildman–Crippen MR) is 114 cm³/mol. The summed E-state index contributed by atoms with van der Waals surface area (Å²) in [6, 6.07) is 13.2. The van der Waals surface area contributed by atoms with Crippen molar-refractivity contribution < 1.29 is 13.2 Å². The molecule has 3 N–H and O–H groups in total. The van der Waals surface area contributed by atoms with Crippen molar-refractivity contribution in [2.75, 3.05) is 24.4 Å². The number of hydrogen-bond acceptors (Lipinski definition) is 4. The fourth-order valence-electron chi connectivity index (χ4n) is 3.16. The number of rotatable bonds is 6. The van der Waals surface area contributed by atoms with Crippen LogP contribution >= 0.6 is 12.4 Å². The van der Waals surface area contributed by atoms with Crippen molar-refractivity contribution in [1.29, 1.82) is 0 Å². The molecule has 3 rings (SSSR count). The summed E-state index contributed by atoms with van der Waals surface area (Å²) in [5, 5.41) is 6.23. The number of halogens is 1. The monoisotopic (exact) mass is 423 g/mol. The topological polar surface area (TPSA) is 87.3 Å². The van der Waals surface area contributed by atoms with Crippen LogP contribution in [0.25, 0.3) is 0 Å². The molecule has 28 heavy (non-hydrogen) atoms. The highest BCUT2D eigenvalue weighted by atomic mass is 35.5. The van der Waals surface area contributed by atoms with Crippen LogP contribution in [0, 0.1) is 12.8 Å². The van der Waals surface area contributed by atoms with Crippen LogP contribution in [0.4, 0.5) is 5.69 Å². The van der Waals surface area contributed by atoms with Crippen LogP contribution in [0.2, 0.25) is 0 Å². The van der Waals surface area contributed by atoms with Crippen molar-refractivity contribution in [2.24, 2.45) is 5.92 Å². The highest BCUT2D eigenvalue weighted by Gasteiger charge is 2.18. The second kappa shape index (κ2) is 9.91. The Morgan fingerprint density at radius 2 is 1.96 bits per heavy atom. The molecule has 0 bridgehead atoms. The van der Waals surface area contributed by atoms with Gasteiger partial charge in [0, 0.05) is 17.8 Å². The summed E-state index contributed by atoms with van der Waals surface area (Å²) in [6.07, 6.45) is 2.20. The lowest BCUT2D eigenvalue weighted by atomic mass is 10.00. The third-order valence-corrected chi connectivity index (χ3v) is 6.01. The molecule has 1 fully saturated rings. The molecule has 0 spiro atoms. The van der Waals surface area contributed by atoms with Gasteiger partial charge in [-0.2, -0.15) is 0 Å². The van der Waals surface area contributed by atoms with Crippen molar-refractivity contribution in [3.05, 3.63) is 59.7 Å². The maximum atomic E-state index is 12.6. The molecule has 8 heteroatoms. The van der Waals surface area contributed by atoms with Crippen molar-refractivity contribution in [3.8, 4) is 0 Å². The summed E-state index contributed by atoms with van der Waals surface area (Å²) in [7, 11) is -3.76. The molecular formula is C20H26ClN3O3S. The van der Waals surface area contributed by atoms with E-state index in [1.165, 1.54) is 12.1 Å². The van der Waals surface area contributed by atoms with Gasteiger partial charge in [0.1, 0.15) is 0 Å². The number of piperidine rings is 1. The van der Waals surface area contributed by atoms with Gasteiger partial charge in [0.2, 0.25) is 0 Å². The Labute approximate surface area is 172 Å². The maximum absolute atomic E-state index is 12.6. The lowest BCUT2D eigenvalue weighted by Crippen LogP contribution is -2.38. The highest BCUT2D eigenvalue weighted by molar-refractivity contribution is 7.92. The molecule has 1 aliphatic heterocycles. The third kappa shape index (κ3) is 5.95. The summed E-state index contributed by atoms with van der Waals surface area (Å²) in [4.78, 5) is 12.5. The van der Waals surface area contributed by atoms with Gasteiger partial charge >= 0.3 is 0 Å². The molecule has 1 atom stereocenters. The van der Waals surface area contributed by atoms with Crippen LogP contribution in [-0.2, 0) is 10.0 Å². The van der Waals surface area contributed by atoms with Gasteiger partial charge in [-0.25, -0.2) is 8.42 Å². The first kappa shape index (κ1) is 22.2. The molecule has 1 saturated heterocycles. The van der Waals surface area contributed by atoms with Gasteiger partial charge in [-0.1, -0.05) is 18.2 Å². The van der Waals surface area contributed by atoms with E-state index >= 15 is 0 Å². The summed E-state index contributed by atoms with van der Waals surface area (Å²) in [5.74, 6) is 0.158. The molecule has 1 heterocycles. The van der Waals surface area contributed by atoms with Crippen LogP contribution in [-0.4, -0.2) is 34.0 Å². The average Bonchev–Trinajstić information content (AvgIpc) is 2.67. The van der Waals surface area contributed by atoms with Gasteiger partial charge in [0.25, 0.3) is 15.9 Å². The minimum Gasteiger partial charge on any atom is -0.352 e. The van der Waals surface area contributed by atoms with Crippen LogP contribution in [0.1, 0.15) is 28.8 Å². The van der Waals surface area contributed by atoms with Crippen molar-refractivity contribution in [2.45, 2.75) is 24.7 Å². The van der Waals surface area contributed by atoms with Crippen LogP contribution < -0.4 is 15.4 Å². The summed E-state index contributed by atoms with van der Waals surface area (Å²) in [5.41, 5.74) is 1.79. The van der Waals surface area contributed by atoms with E-state index in [2.05, 4.69) is 15.4 Å². The third-order valence-electron chi connectivity index (χ3n) is 4.63. The molecule has 6 nitrogen and oxygen atoms in total. The van der Waals surface area contributed by atoms with Gasteiger partial charge in [0.05, 0.1) is 4.90 Å². The normalized spacial score (nSPS) is 16.7. The van der Waals surface area contributed by atoms with Gasteiger partial charge in [-0.3, -0.25) is 9.52 Å². The first-order valence-electron chi connectivity index (χ1n) is 9.12. The smallest absolute Gasteiger partial charge is 0.261 e. The molecule has 2 aromatic rings. The van der Waals surface area contributed by atoms with Gasteiger partial charge < -0.3 is 10.6 Å². The number of benzene rings is 2. The highest BCUT2D eigenvalue weighted by Crippen LogP contribution is 2.18. The van der Waals surface area contributed by atoms with E-state index in [0.29, 0.717) is 23.7 Å². The fourth-order valence-corrected chi connectivity index (χ4v) is 4.26. The molecule has 1 aliphatic rings. The number of carbonyl (C=O) groups is 1. The molecule has 1 amide bonds. The van der Waals surface area contributed by atoms with Gasteiger partial charge in [0.15, 0.2) is 0 Å². The number of nitrogens with one attached hydrogen (secondary N) is 3. The molecular weight excluding hydrogens is 398 g/mol. The Balaban J connectivity index is 0.00000280. The summed E-state index contributed by atoms with van der Waals surface area (Å²) >= 11 is 0. The van der Waals surface area contributed by atoms with E-state index in [0.717, 1.165) is 31.5 Å². The number of carbonyl (C=O) groups excluding carboxylic acids is 1. The molecule has 2 aromatic carbocycles. The van der Waals surface area contributed by atoms with Gasteiger partial charge in [-0.05, 0) is 74.7 Å². The molecule has 152 valence electrons. The molecule has 0 aliphatic carbocycles. The van der Waals surface area contributed by atoms with Gasteiger partial charge in [-0.15, -0.1) is 12.4 Å². The zero-order chi connectivity index (χ0) is 19.3. The van der Waals surface area contributed by atoms with Crippen LogP contribution in [0.5, 0.6) is 0 Å². The van der Waals surface area contributed by atoms with E-state index in [4.69, 9.17) is 0 Å². The summed E-state index contributed by atoms with van der Waals surface area (Å²) in [6.45, 7) is 4.41. The van der Waals surface area contributed by atoms with E-state index in [9.17, 15) is 13.2 Å². The molecule has 0 saturated carbocycles. The molecule has 0 radical (unpaired) electrons. The van der Waals surface area contributed by atoms with E-state index in [-0.39, 0.29) is 23.2 Å². The fraction of sp³-hybridized carbons (Fsp3) is 0.350. The van der Waals surface area contributed by atoms with Crippen LogP contribution in [0.15, 0.2) is 53.4 Å². The maximum Gasteiger partial charge on any atom is 0.261 e. The lowest BCUT2D eigenvalue weighted by Gasteiger charge is -2.22. The minimum atomic E-state index is -3.76. The van der Waals surface area contributed by atoms with Crippen molar-refractivity contribution in [3.63, 3.8) is 0 Å². The van der Waals surface area contributed by atoms with Crippen molar-refractivity contribution in [1.82, 2.24) is 10.6 Å².